The number of ether oxygens (including phenoxy) is 1. The van der Waals surface area contributed by atoms with Crippen LogP contribution < -0.4 is 10.5 Å². The lowest BCUT2D eigenvalue weighted by molar-refractivity contribution is 0.439. The van der Waals surface area contributed by atoms with Crippen molar-refractivity contribution < 1.29 is 4.74 Å². The van der Waals surface area contributed by atoms with Crippen molar-refractivity contribution in [3.05, 3.63) is 35.7 Å². The summed E-state index contributed by atoms with van der Waals surface area (Å²) in [6, 6.07) is 3.76. The highest BCUT2D eigenvalue weighted by molar-refractivity contribution is 5.54. The lowest BCUT2D eigenvalue weighted by Crippen LogP contribution is -1.99. The third kappa shape index (κ3) is 1.95. The summed E-state index contributed by atoms with van der Waals surface area (Å²) < 4.78 is 7.27. The fourth-order valence-corrected chi connectivity index (χ4v) is 1.79. The lowest BCUT2D eigenvalue weighted by Gasteiger charge is -2.11. The number of tetrazole rings is 1. The average molecular weight is 256 g/mol. The molecule has 0 aliphatic carbocycles. The molecule has 2 aromatic heterocycles. The topological polar surface area (TPSA) is 91.2 Å². The number of nitrogens with two attached hydrogens (primary N) is 1. The van der Waals surface area contributed by atoms with Crippen LogP contribution in [0.2, 0.25) is 0 Å². The molecule has 0 bridgehead atoms. The number of rotatable bonds is 2. The minimum atomic E-state index is 0.439. The van der Waals surface area contributed by atoms with Gasteiger partial charge in [-0.25, -0.2) is 0 Å². The lowest BCUT2D eigenvalue weighted by atomic mass is 10.1. The molecule has 2 N–H and O–H groups in total. The first kappa shape index (κ1) is 11.4. The minimum absolute atomic E-state index is 0.439. The Labute approximate surface area is 109 Å². The quantitative estimate of drug-likeness (QED) is 0.699. The number of aryl methyl sites for hydroxylation is 2. The zero-order chi connectivity index (χ0) is 13.4. The Morgan fingerprint density at radius 2 is 2.00 bits per heavy atom. The molecule has 0 amide bonds. The van der Waals surface area contributed by atoms with E-state index in [0.717, 1.165) is 11.1 Å². The molecule has 19 heavy (non-hydrogen) atoms. The van der Waals surface area contributed by atoms with E-state index in [9.17, 15) is 0 Å². The van der Waals surface area contributed by atoms with Gasteiger partial charge in [-0.2, -0.15) is 4.52 Å². The van der Waals surface area contributed by atoms with Crippen LogP contribution in [0.5, 0.6) is 11.6 Å². The largest absolute Gasteiger partial charge is 0.437 e. The maximum atomic E-state index is 5.89. The molecule has 3 aromatic rings. The fourth-order valence-electron chi connectivity index (χ4n) is 1.79. The van der Waals surface area contributed by atoms with E-state index in [0.29, 0.717) is 23.0 Å². The monoisotopic (exact) mass is 256 g/mol. The molecule has 2 heterocycles. The molecule has 7 heteroatoms. The molecule has 0 spiro atoms. The maximum absolute atomic E-state index is 5.89. The summed E-state index contributed by atoms with van der Waals surface area (Å²) in [7, 11) is 0. The van der Waals surface area contributed by atoms with E-state index in [2.05, 4.69) is 20.5 Å². The van der Waals surface area contributed by atoms with Gasteiger partial charge in [-0.1, -0.05) is 6.07 Å². The minimum Gasteiger partial charge on any atom is -0.437 e. The molecular formula is C12H12N6O. The third-order valence-electron chi connectivity index (χ3n) is 2.86. The predicted octanol–water partition coefficient (Wildman–Crippen LogP) is 1.51. The van der Waals surface area contributed by atoms with Gasteiger partial charge in [-0.3, -0.25) is 4.98 Å². The van der Waals surface area contributed by atoms with Crippen LogP contribution in [-0.2, 0) is 0 Å². The van der Waals surface area contributed by atoms with Crippen LogP contribution in [0.4, 0.5) is 5.69 Å². The Balaban J connectivity index is 2.06. The van der Waals surface area contributed by atoms with Gasteiger partial charge in [0, 0.05) is 11.8 Å². The van der Waals surface area contributed by atoms with Gasteiger partial charge in [0.1, 0.15) is 5.75 Å². The van der Waals surface area contributed by atoms with Crippen molar-refractivity contribution in [2.75, 3.05) is 5.73 Å². The highest BCUT2D eigenvalue weighted by Crippen LogP contribution is 2.28. The first-order valence-electron chi connectivity index (χ1n) is 5.72. The Morgan fingerprint density at radius 3 is 2.84 bits per heavy atom. The van der Waals surface area contributed by atoms with E-state index in [1.165, 1.54) is 4.52 Å². The average Bonchev–Trinajstić information content (AvgIpc) is 2.85. The Bertz CT molecular complexity index is 751. The Morgan fingerprint density at radius 1 is 1.16 bits per heavy atom. The third-order valence-corrected chi connectivity index (χ3v) is 2.86. The van der Waals surface area contributed by atoms with E-state index in [4.69, 9.17) is 10.5 Å². The van der Waals surface area contributed by atoms with Crippen LogP contribution >= 0.6 is 0 Å². The van der Waals surface area contributed by atoms with Crippen molar-refractivity contribution in [3.63, 3.8) is 0 Å². The van der Waals surface area contributed by atoms with Crippen LogP contribution in [0.15, 0.2) is 24.5 Å². The number of anilines is 1. The fraction of sp³-hybridized carbons (Fsp3) is 0.167. The molecule has 0 saturated carbocycles. The molecule has 0 atom stereocenters. The number of fused-ring (bicyclic) bond motifs is 1. The van der Waals surface area contributed by atoms with Gasteiger partial charge in [-0.15, -0.1) is 5.10 Å². The number of nitrogens with zero attached hydrogens (tertiary/aromatic N) is 5. The van der Waals surface area contributed by atoms with Crippen LogP contribution in [0.3, 0.4) is 0 Å². The molecule has 7 nitrogen and oxygen atoms in total. The van der Waals surface area contributed by atoms with Crippen LogP contribution in [0, 0.1) is 13.8 Å². The number of benzene rings is 1. The summed E-state index contributed by atoms with van der Waals surface area (Å²) in [4.78, 5) is 4.03. The van der Waals surface area contributed by atoms with Gasteiger partial charge in [0.25, 0.3) is 0 Å². The van der Waals surface area contributed by atoms with Crippen molar-refractivity contribution in [2.45, 2.75) is 13.8 Å². The van der Waals surface area contributed by atoms with Crippen molar-refractivity contribution in [1.82, 2.24) is 25.0 Å². The standard InChI is InChI=1S/C12H12N6O/c1-7-3-8(2)10(4-9(7)13)19-12-6-14-5-11-15-16-17-18(11)12/h3-6H,13H2,1-2H3. The SMILES string of the molecule is Cc1cc(C)c(Oc2cncc3nnnn23)cc1N. The molecule has 3 rings (SSSR count). The van der Waals surface area contributed by atoms with E-state index >= 15 is 0 Å². The van der Waals surface area contributed by atoms with Crippen LogP contribution in [0.25, 0.3) is 5.65 Å². The molecule has 0 unspecified atom stereocenters. The second-order valence-corrected chi connectivity index (χ2v) is 4.27. The van der Waals surface area contributed by atoms with Crippen molar-refractivity contribution >= 4 is 11.3 Å². The van der Waals surface area contributed by atoms with Gasteiger partial charge < -0.3 is 10.5 Å². The molecular weight excluding hydrogens is 244 g/mol. The van der Waals surface area contributed by atoms with Gasteiger partial charge in [0.05, 0.1) is 12.4 Å². The summed E-state index contributed by atoms with van der Waals surface area (Å²) in [5, 5.41) is 11.2. The maximum Gasteiger partial charge on any atom is 0.242 e. The zero-order valence-corrected chi connectivity index (χ0v) is 10.5. The predicted molar refractivity (Wildman–Crippen MR) is 69.0 cm³/mol. The van der Waals surface area contributed by atoms with Crippen LogP contribution in [0.1, 0.15) is 11.1 Å². The van der Waals surface area contributed by atoms with Crippen LogP contribution in [-0.4, -0.2) is 25.0 Å². The van der Waals surface area contributed by atoms with Gasteiger partial charge >= 0.3 is 0 Å². The highest BCUT2D eigenvalue weighted by atomic mass is 16.5. The second-order valence-electron chi connectivity index (χ2n) is 4.27. The number of nitrogen functional groups attached to an aromatic ring is 1. The number of hydrogen-bond donors (Lipinski definition) is 1. The molecule has 0 fully saturated rings. The number of hydrogen-bond acceptors (Lipinski definition) is 6. The summed E-state index contributed by atoms with van der Waals surface area (Å²) in [5.41, 5.74) is 9.09. The zero-order valence-electron chi connectivity index (χ0n) is 10.5. The Hall–Kier alpha value is -2.70. The summed E-state index contributed by atoms with van der Waals surface area (Å²) in [5.74, 6) is 1.10. The first-order chi connectivity index (χ1) is 9.15. The van der Waals surface area contributed by atoms with Crippen molar-refractivity contribution in [2.24, 2.45) is 0 Å². The molecule has 1 aromatic carbocycles. The summed E-state index contributed by atoms with van der Waals surface area (Å²) in [6.45, 7) is 3.91. The summed E-state index contributed by atoms with van der Waals surface area (Å²) in [6.07, 6.45) is 3.11. The van der Waals surface area contributed by atoms with Crippen molar-refractivity contribution in [1.29, 1.82) is 0 Å². The van der Waals surface area contributed by atoms with E-state index in [1.54, 1.807) is 18.5 Å². The molecule has 0 saturated heterocycles. The van der Waals surface area contributed by atoms with E-state index in [-0.39, 0.29) is 0 Å². The molecule has 96 valence electrons. The Kier molecular flexibility index (Phi) is 2.52. The van der Waals surface area contributed by atoms with Gasteiger partial charge in [-0.05, 0) is 35.4 Å². The van der Waals surface area contributed by atoms with Gasteiger partial charge in [0.15, 0.2) is 0 Å². The van der Waals surface area contributed by atoms with E-state index < -0.39 is 0 Å². The highest BCUT2D eigenvalue weighted by Gasteiger charge is 2.09. The molecule has 0 aliphatic rings. The normalized spacial score (nSPS) is 10.8. The van der Waals surface area contributed by atoms with Crippen molar-refractivity contribution in [3.8, 4) is 11.6 Å². The summed E-state index contributed by atoms with van der Waals surface area (Å²) >= 11 is 0. The first-order valence-corrected chi connectivity index (χ1v) is 5.72. The van der Waals surface area contributed by atoms with E-state index in [1.807, 2.05) is 19.9 Å². The second kappa shape index (κ2) is 4.20. The smallest absolute Gasteiger partial charge is 0.242 e. The van der Waals surface area contributed by atoms with Gasteiger partial charge in [0.2, 0.25) is 11.5 Å². The molecule has 0 aliphatic heterocycles. The number of aromatic nitrogens is 5. The molecule has 0 radical (unpaired) electrons.